The van der Waals surface area contributed by atoms with E-state index in [0.717, 1.165) is 41.2 Å². The fourth-order valence-corrected chi connectivity index (χ4v) is 4.14. The number of benzene rings is 1. The molecule has 0 saturated heterocycles. The number of nitrogens with zero attached hydrogens (tertiary/aromatic N) is 3. The van der Waals surface area contributed by atoms with Crippen molar-refractivity contribution in [2.75, 3.05) is 6.61 Å². The van der Waals surface area contributed by atoms with E-state index in [1.807, 2.05) is 67.8 Å². The summed E-state index contributed by atoms with van der Waals surface area (Å²) < 4.78 is 14.1. The maximum atomic E-state index is 11.4. The Morgan fingerprint density at radius 2 is 1.97 bits per heavy atom. The zero-order chi connectivity index (χ0) is 21.3. The van der Waals surface area contributed by atoms with Crippen LogP contribution in [-0.2, 0) is 10.3 Å². The molecule has 1 aliphatic rings. The number of carbonyl (C=O) groups is 1. The number of ether oxygens (including phenoxy) is 2. The molecule has 158 valence electrons. The third-order valence-corrected chi connectivity index (χ3v) is 5.45. The topological polar surface area (TPSA) is 104 Å². The summed E-state index contributed by atoms with van der Waals surface area (Å²) in [7, 11) is 0. The van der Waals surface area contributed by atoms with Crippen LogP contribution in [0.25, 0.3) is 5.65 Å². The van der Waals surface area contributed by atoms with Crippen molar-refractivity contribution in [3.05, 3.63) is 59.5 Å². The van der Waals surface area contributed by atoms with Gasteiger partial charge in [-0.2, -0.15) is 0 Å². The molecule has 30 heavy (non-hydrogen) atoms. The second-order valence-corrected chi connectivity index (χ2v) is 7.93. The Bertz CT molecular complexity index is 1060. The van der Waals surface area contributed by atoms with E-state index < -0.39 is 11.6 Å². The molecule has 3 aromatic rings. The van der Waals surface area contributed by atoms with Crippen LogP contribution < -0.4 is 15.8 Å². The Labute approximate surface area is 175 Å². The number of nitrogens with one attached hydrogen (secondary N) is 1. The molecule has 4 rings (SSSR count). The summed E-state index contributed by atoms with van der Waals surface area (Å²) in [6, 6.07) is 11.2. The maximum absolute atomic E-state index is 11.4. The van der Waals surface area contributed by atoms with Crippen LogP contribution >= 0.6 is 0 Å². The second-order valence-electron chi connectivity index (χ2n) is 7.93. The number of hydrogen-bond donors (Lipinski definition) is 2. The number of nitrogens with two attached hydrogens (primary N) is 1. The van der Waals surface area contributed by atoms with Gasteiger partial charge < -0.3 is 20.5 Å². The van der Waals surface area contributed by atoms with Gasteiger partial charge in [-0.15, -0.1) is 10.2 Å². The molecule has 3 N–H and O–H groups in total. The standard InChI is InChI=1S/C22H27N5O3/c1-4-29-22(2,3)20-26-25-19-12-9-14(13-27(19)20)30-18-11-10-17(24-21(23)28)15-7-5-6-8-16(15)18/h5-9,12-13,17-18H,4,10-11H2,1-3H3,(H3,23,24,28)/t17-,18+/m0/s1. The molecule has 0 spiro atoms. The highest BCUT2D eigenvalue weighted by atomic mass is 16.5. The zero-order valence-electron chi connectivity index (χ0n) is 17.5. The molecular weight excluding hydrogens is 382 g/mol. The summed E-state index contributed by atoms with van der Waals surface area (Å²) in [5.41, 5.74) is 7.61. The molecule has 0 radical (unpaired) electrons. The predicted octanol–water partition coefficient (Wildman–Crippen LogP) is 3.62. The van der Waals surface area contributed by atoms with Crippen molar-refractivity contribution in [3.8, 4) is 5.75 Å². The monoisotopic (exact) mass is 409 g/mol. The average molecular weight is 409 g/mol. The third-order valence-electron chi connectivity index (χ3n) is 5.45. The van der Waals surface area contributed by atoms with Crippen molar-refractivity contribution >= 4 is 11.7 Å². The van der Waals surface area contributed by atoms with E-state index in [1.165, 1.54) is 0 Å². The first-order valence-corrected chi connectivity index (χ1v) is 10.2. The number of hydrogen-bond acceptors (Lipinski definition) is 5. The molecule has 1 aliphatic carbocycles. The normalized spacial score (nSPS) is 18.8. The maximum Gasteiger partial charge on any atom is 0.312 e. The van der Waals surface area contributed by atoms with Gasteiger partial charge >= 0.3 is 6.03 Å². The van der Waals surface area contributed by atoms with Gasteiger partial charge in [-0.1, -0.05) is 24.3 Å². The third kappa shape index (κ3) is 3.82. The Morgan fingerprint density at radius 3 is 2.70 bits per heavy atom. The van der Waals surface area contributed by atoms with Crippen molar-refractivity contribution in [3.63, 3.8) is 0 Å². The summed E-state index contributed by atoms with van der Waals surface area (Å²) in [5.74, 6) is 1.44. The Morgan fingerprint density at radius 1 is 1.20 bits per heavy atom. The van der Waals surface area contributed by atoms with Gasteiger partial charge in [-0.25, -0.2) is 4.79 Å². The minimum Gasteiger partial charge on any atom is -0.484 e. The Balaban J connectivity index is 1.63. The van der Waals surface area contributed by atoms with Crippen molar-refractivity contribution in [2.24, 2.45) is 5.73 Å². The van der Waals surface area contributed by atoms with E-state index in [1.54, 1.807) is 0 Å². The molecule has 0 unspecified atom stereocenters. The second kappa shape index (κ2) is 7.95. The first-order valence-electron chi connectivity index (χ1n) is 10.2. The average Bonchev–Trinajstić information content (AvgIpc) is 3.14. The quantitative estimate of drug-likeness (QED) is 0.647. The number of fused-ring (bicyclic) bond motifs is 2. The number of aromatic nitrogens is 3. The molecule has 2 atom stereocenters. The van der Waals surface area contributed by atoms with Crippen LogP contribution in [0.3, 0.4) is 0 Å². The number of carbonyl (C=O) groups excluding carboxylic acids is 1. The van der Waals surface area contributed by atoms with E-state index >= 15 is 0 Å². The smallest absolute Gasteiger partial charge is 0.312 e. The Kier molecular flexibility index (Phi) is 5.34. The first kappa shape index (κ1) is 20.2. The SMILES string of the molecule is CCOC(C)(C)c1nnc2ccc(O[C@@H]3CC[C@H](NC(N)=O)c4ccccc43)cn12. The van der Waals surface area contributed by atoms with Crippen LogP contribution in [0.15, 0.2) is 42.6 Å². The van der Waals surface area contributed by atoms with Gasteiger partial charge in [-0.05, 0) is 56.9 Å². The lowest BCUT2D eigenvalue weighted by molar-refractivity contribution is -0.0215. The number of rotatable bonds is 6. The van der Waals surface area contributed by atoms with Crippen LogP contribution in [-0.4, -0.2) is 27.2 Å². The van der Waals surface area contributed by atoms with E-state index in [2.05, 4.69) is 15.5 Å². The van der Waals surface area contributed by atoms with Crippen molar-refractivity contribution in [2.45, 2.75) is 51.4 Å². The molecule has 0 bridgehead atoms. The summed E-state index contributed by atoms with van der Waals surface area (Å²) in [5, 5.41) is 11.4. The molecule has 8 heteroatoms. The van der Waals surface area contributed by atoms with Crippen LogP contribution in [0.2, 0.25) is 0 Å². The van der Waals surface area contributed by atoms with Crippen molar-refractivity contribution in [1.82, 2.24) is 19.9 Å². The lowest BCUT2D eigenvalue weighted by Crippen LogP contribution is -2.36. The van der Waals surface area contributed by atoms with E-state index in [0.29, 0.717) is 6.61 Å². The molecule has 2 aromatic heterocycles. The fourth-order valence-electron chi connectivity index (χ4n) is 4.14. The highest BCUT2D eigenvalue weighted by Crippen LogP contribution is 2.38. The van der Waals surface area contributed by atoms with E-state index in [4.69, 9.17) is 15.2 Å². The van der Waals surface area contributed by atoms with Gasteiger partial charge in [0.05, 0.1) is 12.2 Å². The van der Waals surface area contributed by atoms with Gasteiger partial charge in [0.2, 0.25) is 0 Å². The van der Waals surface area contributed by atoms with Crippen molar-refractivity contribution < 1.29 is 14.3 Å². The van der Waals surface area contributed by atoms with E-state index in [-0.39, 0.29) is 12.1 Å². The van der Waals surface area contributed by atoms with Gasteiger partial charge in [0.25, 0.3) is 0 Å². The lowest BCUT2D eigenvalue weighted by Gasteiger charge is -2.32. The van der Waals surface area contributed by atoms with E-state index in [9.17, 15) is 4.79 Å². The summed E-state index contributed by atoms with van der Waals surface area (Å²) in [6.07, 6.45) is 3.30. The molecule has 8 nitrogen and oxygen atoms in total. The summed E-state index contributed by atoms with van der Waals surface area (Å²) >= 11 is 0. The molecule has 2 amide bonds. The highest BCUT2D eigenvalue weighted by molar-refractivity contribution is 5.72. The largest absolute Gasteiger partial charge is 0.484 e. The summed E-state index contributed by atoms with van der Waals surface area (Å²) in [4.78, 5) is 11.4. The van der Waals surface area contributed by atoms with Crippen LogP contribution in [0.1, 0.15) is 62.7 Å². The molecular formula is C22H27N5O3. The Hall–Kier alpha value is -3.13. The number of primary amides is 1. The highest BCUT2D eigenvalue weighted by Gasteiger charge is 2.30. The zero-order valence-corrected chi connectivity index (χ0v) is 17.5. The molecule has 0 fully saturated rings. The lowest BCUT2D eigenvalue weighted by atomic mass is 9.85. The minimum absolute atomic E-state index is 0.0996. The molecule has 0 aliphatic heterocycles. The van der Waals surface area contributed by atoms with Crippen LogP contribution in [0.5, 0.6) is 5.75 Å². The van der Waals surface area contributed by atoms with Crippen LogP contribution in [0, 0.1) is 0 Å². The number of amides is 2. The molecule has 0 saturated carbocycles. The molecule has 2 heterocycles. The predicted molar refractivity (Wildman–Crippen MR) is 112 cm³/mol. The number of pyridine rings is 1. The summed E-state index contributed by atoms with van der Waals surface area (Å²) in [6.45, 7) is 6.49. The number of urea groups is 1. The van der Waals surface area contributed by atoms with Gasteiger partial charge in [-0.3, -0.25) is 4.40 Å². The minimum atomic E-state index is -0.572. The van der Waals surface area contributed by atoms with Gasteiger partial charge in [0.15, 0.2) is 11.5 Å². The fraction of sp³-hybridized carbons (Fsp3) is 0.409. The van der Waals surface area contributed by atoms with Crippen molar-refractivity contribution in [1.29, 1.82) is 0 Å². The van der Waals surface area contributed by atoms with Gasteiger partial charge in [0, 0.05) is 6.61 Å². The van der Waals surface area contributed by atoms with Crippen LogP contribution in [0.4, 0.5) is 4.79 Å². The van der Waals surface area contributed by atoms with Gasteiger partial charge in [0.1, 0.15) is 17.5 Å². The first-order chi connectivity index (χ1) is 14.4. The molecule has 1 aromatic carbocycles.